The Labute approximate surface area is 198 Å². The SMILES string of the molecule is COC1CCC(S(=O)(=O)NCC2OC(CO)C(O)C2N2CCN(C3CCCCN3)CC2)CC1. The molecule has 0 radical (unpaired) electrons. The lowest BCUT2D eigenvalue weighted by atomic mass is 9.97. The highest BCUT2D eigenvalue weighted by atomic mass is 32.2. The first kappa shape index (κ1) is 25.7. The lowest BCUT2D eigenvalue weighted by Crippen LogP contribution is -2.61. The van der Waals surface area contributed by atoms with Gasteiger partial charge in [0.1, 0.15) is 12.2 Å². The maximum Gasteiger partial charge on any atom is 0.214 e. The largest absolute Gasteiger partial charge is 0.394 e. The van der Waals surface area contributed by atoms with Crippen LogP contribution in [0.3, 0.4) is 0 Å². The molecule has 1 aliphatic carbocycles. The van der Waals surface area contributed by atoms with Crippen LogP contribution in [-0.2, 0) is 19.5 Å². The van der Waals surface area contributed by atoms with Crippen LogP contribution >= 0.6 is 0 Å². The normalized spacial score (nSPS) is 39.7. The Kier molecular flexibility index (Phi) is 9.02. The van der Waals surface area contributed by atoms with Crippen molar-refractivity contribution in [1.82, 2.24) is 19.8 Å². The van der Waals surface area contributed by atoms with Gasteiger partial charge in [0.2, 0.25) is 10.0 Å². The molecule has 3 saturated heterocycles. The summed E-state index contributed by atoms with van der Waals surface area (Å²) < 4.78 is 39.9. The topological polar surface area (TPSA) is 124 Å². The summed E-state index contributed by atoms with van der Waals surface area (Å²) in [6.07, 6.45) is 4.83. The molecule has 0 spiro atoms. The summed E-state index contributed by atoms with van der Waals surface area (Å²) in [5, 5.41) is 23.7. The average Bonchev–Trinajstić information content (AvgIpc) is 3.18. The van der Waals surface area contributed by atoms with E-state index in [4.69, 9.17) is 9.47 Å². The second-order valence-corrected chi connectivity index (χ2v) is 12.0. The molecule has 11 heteroatoms. The molecule has 10 nitrogen and oxygen atoms in total. The molecule has 4 aliphatic rings. The molecular weight excluding hydrogens is 448 g/mol. The number of hydrogen-bond acceptors (Lipinski definition) is 9. The highest BCUT2D eigenvalue weighted by molar-refractivity contribution is 7.90. The Balaban J connectivity index is 1.33. The predicted molar refractivity (Wildman–Crippen MR) is 124 cm³/mol. The van der Waals surface area contributed by atoms with E-state index >= 15 is 0 Å². The number of piperazine rings is 1. The number of sulfonamides is 1. The predicted octanol–water partition coefficient (Wildman–Crippen LogP) is -0.930. The summed E-state index contributed by atoms with van der Waals surface area (Å²) in [6, 6.07) is -0.337. The van der Waals surface area contributed by atoms with Gasteiger partial charge in [0.25, 0.3) is 0 Å². The molecule has 192 valence electrons. The van der Waals surface area contributed by atoms with E-state index in [0.29, 0.717) is 19.0 Å². The van der Waals surface area contributed by atoms with E-state index in [2.05, 4.69) is 19.8 Å². The van der Waals surface area contributed by atoms with Gasteiger partial charge in [-0.05, 0) is 51.5 Å². The fourth-order valence-electron chi connectivity index (χ4n) is 5.98. The van der Waals surface area contributed by atoms with Gasteiger partial charge in [-0.25, -0.2) is 13.1 Å². The van der Waals surface area contributed by atoms with Gasteiger partial charge in [-0.3, -0.25) is 9.80 Å². The van der Waals surface area contributed by atoms with E-state index < -0.39 is 33.6 Å². The first-order valence-electron chi connectivity index (χ1n) is 12.6. The van der Waals surface area contributed by atoms with Crippen LogP contribution in [0.25, 0.3) is 0 Å². The highest BCUT2D eigenvalue weighted by Gasteiger charge is 2.47. The van der Waals surface area contributed by atoms with E-state index in [1.54, 1.807) is 7.11 Å². The summed E-state index contributed by atoms with van der Waals surface area (Å²) in [5.41, 5.74) is 0. The van der Waals surface area contributed by atoms with Gasteiger partial charge in [-0.2, -0.15) is 0 Å². The third kappa shape index (κ3) is 6.07. The first-order chi connectivity index (χ1) is 15.9. The van der Waals surface area contributed by atoms with Gasteiger partial charge < -0.3 is 25.0 Å². The number of piperidine rings is 1. The van der Waals surface area contributed by atoms with Crippen LogP contribution in [0.5, 0.6) is 0 Å². The van der Waals surface area contributed by atoms with Crippen molar-refractivity contribution in [3.05, 3.63) is 0 Å². The third-order valence-corrected chi connectivity index (χ3v) is 9.93. The number of hydrogen-bond donors (Lipinski definition) is 4. The molecule has 5 unspecified atom stereocenters. The maximum atomic E-state index is 12.9. The van der Waals surface area contributed by atoms with Crippen molar-refractivity contribution in [2.75, 3.05) is 53.0 Å². The number of aliphatic hydroxyl groups is 2. The van der Waals surface area contributed by atoms with Crippen LogP contribution < -0.4 is 10.0 Å². The Morgan fingerprint density at radius 1 is 1.03 bits per heavy atom. The van der Waals surface area contributed by atoms with Crippen molar-refractivity contribution in [2.45, 2.75) is 86.8 Å². The molecule has 0 amide bonds. The van der Waals surface area contributed by atoms with Crippen molar-refractivity contribution in [3.63, 3.8) is 0 Å². The molecule has 3 aliphatic heterocycles. The van der Waals surface area contributed by atoms with Crippen LogP contribution in [0.15, 0.2) is 0 Å². The van der Waals surface area contributed by atoms with E-state index in [0.717, 1.165) is 45.6 Å². The number of aliphatic hydroxyl groups excluding tert-OH is 2. The number of methoxy groups -OCH3 is 1. The number of rotatable bonds is 8. The maximum absolute atomic E-state index is 12.9. The van der Waals surface area contributed by atoms with Gasteiger partial charge in [0, 0.05) is 39.8 Å². The molecule has 0 aromatic carbocycles. The van der Waals surface area contributed by atoms with Crippen LogP contribution in [0, 0.1) is 0 Å². The zero-order valence-electron chi connectivity index (χ0n) is 19.8. The summed E-state index contributed by atoms with van der Waals surface area (Å²) in [5.74, 6) is 0. The van der Waals surface area contributed by atoms with Gasteiger partial charge in [0.05, 0.1) is 36.3 Å². The van der Waals surface area contributed by atoms with Gasteiger partial charge in [-0.15, -0.1) is 0 Å². The highest BCUT2D eigenvalue weighted by Crippen LogP contribution is 2.29. The zero-order valence-corrected chi connectivity index (χ0v) is 20.6. The van der Waals surface area contributed by atoms with Crippen molar-refractivity contribution in [3.8, 4) is 0 Å². The lowest BCUT2D eigenvalue weighted by molar-refractivity contribution is -0.0201. The molecule has 1 saturated carbocycles. The number of ether oxygens (including phenoxy) is 2. The van der Waals surface area contributed by atoms with E-state index in [1.165, 1.54) is 19.3 Å². The number of nitrogens with zero attached hydrogens (tertiary/aromatic N) is 2. The van der Waals surface area contributed by atoms with Crippen LogP contribution in [0.4, 0.5) is 0 Å². The Morgan fingerprint density at radius 2 is 1.73 bits per heavy atom. The molecule has 33 heavy (non-hydrogen) atoms. The molecule has 4 N–H and O–H groups in total. The third-order valence-electron chi connectivity index (χ3n) is 8.02. The minimum absolute atomic E-state index is 0.106. The monoisotopic (exact) mass is 490 g/mol. The van der Waals surface area contributed by atoms with Gasteiger partial charge in [-0.1, -0.05) is 0 Å². The van der Waals surface area contributed by atoms with Crippen molar-refractivity contribution in [1.29, 1.82) is 0 Å². The quantitative estimate of drug-likeness (QED) is 0.342. The summed E-state index contributed by atoms with van der Waals surface area (Å²) in [7, 11) is -1.82. The molecule has 4 fully saturated rings. The molecule has 0 aromatic heterocycles. The molecule has 0 aromatic rings. The first-order valence-corrected chi connectivity index (χ1v) is 14.1. The molecule has 5 atom stereocenters. The summed E-state index contributed by atoms with van der Waals surface area (Å²) in [6.45, 7) is 4.24. The molecular formula is C22H42N4O6S. The number of nitrogens with one attached hydrogen (secondary N) is 2. The smallest absolute Gasteiger partial charge is 0.214 e. The van der Waals surface area contributed by atoms with Crippen LogP contribution in [0.2, 0.25) is 0 Å². The Morgan fingerprint density at radius 3 is 2.33 bits per heavy atom. The van der Waals surface area contributed by atoms with Crippen molar-refractivity contribution < 1.29 is 28.1 Å². The Hall–Kier alpha value is -0.370. The van der Waals surface area contributed by atoms with Crippen molar-refractivity contribution >= 4 is 10.0 Å². The molecule has 3 heterocycles. The van der Waals surface area contributed by atoms with Gasteiger partial charge >= 0.3 is 0 Å². The molecule has 0 bridgehead atoms. The van der Waals surface area contributed by atoms with E-state index in [1.807, 2.05) is 0 Å². The fraction of sp³-hybridized carbons (Fsp3) is 1.00. The Bertz CT molecular complexity index is 706. The molecule has 4 rings (SSSR count). The van der Waals surface area contributed by atoms with Gasteiger partial charge in [0.15, 0.2) is 0 Å². The summed E-state index contributed by atoms with van der Waals surface area (Å²) >= 11 is 0. The minimum atomic E-state index is -3.49. The van der Waals surface area contributed by atoms with Crippen LogP contribution in [0.1, 0.15) is 44.9 Å². The fourth-order valence-corrected chi connectivity index (χ4v) is 7.51. The summed E-state index contributed by atoms with van der Waals surface area (Å²) in [4.78, 5) is 4.68. The zero-order chi connectivity index (χ0) is 23.4. The lowest BCUT2D eigenvalue weighted by Gasteiger charge is -2.44. The van der Waals surface area contributed by atoms with Crippen molar-refractivity contribution in [2.24, 2.45) is 0 Å². The van der Waals surface area contributed by atoms with E-state index in [-0.39, 0.29) is 25.3 Å². The van der Waals surface area contributed by atoms with Crippen LogP contribution in [-0.4, -0.2) is 123 Å². The average molecular weight is 491 g/mol. The minimum Gasteiger partial charge on any atom is -0.394 e. The second kappa shape index (κ2) is 11.6. The van der Waals surface area contributed by atoms with E-state index in [9.17, 15) is 18.6 Å². The standard InChI is InChI=1S/C22H42N4O6S/c1-31-16-5-7-17(8-6-16)33(29,30)24-14-18-21(22(28)19(15-27)32-18)26-12-10-25(11-13-26)20-4-2-3-9-23-20/h16-24,27-28H,2-15H2,1H3. The second-order valence-electron chi connectivity index (χ2n) is 9.94.